The molecule has 6 heterocycles. The number of anilines is 2. The lowest BCUT2D eigenvalue weighted by Gasteiger charge is -2.38. The summed E-state index contributed by atoms with van der Waals surface area (Å²) in [5.41, 5.74) is 4.27. The van der Waals surface area contributed by atoms with Crippen LogP contribution in [0.2, 0.25) is 0 Å². The fraction of sp³-hybridized carbons (Fsp3) is 0.450. The van der Waals surface area contributed by atoms with Crippen LogP contribution < -0.4 is 15.5 Å². The van der Waals surface area contributed by atoms with Crippen LogP contribution in [0.25, 0.3) is 16.9 Å². The van der Waals surface area contributed by atoms with Crippen LogP contribution in [-0.2, 0) is 9.59 Å². The van der Waals surface area contributed by atoms with Crippen LogP contribution in [0.15, 0.2) is 65.3 Å². The second kappa shape index (κ2) is 15.9. The van der Waals surface area contributed by atoms with Gasteiger partial charge in [0.05, 0.1) is 35.6 Å². The van der Waals surface area contributed by atoms with Crippen molar-refractivity contribution in [2.75, 3.05) is 42.9 Å². The highest BCUT2D eigenvalue weighted by atomic mass is 19.1. The molecule has 2 amide bonds. The van der Waals surface area contributed by atoms with E-state index in [2.05, 4.69) is 58.0 Å². The minimum atomic E-state index is -0.892. The van der Waals surface area contributed by atoms with Crippen LogP contribution in [0.3, 0.4) is 0 Å². The number of halogens is 1. The Morgan fingerprint density at radius 1 is 1.00 bits per heavy atom. The highest BCUT2D eigenvalue weighted by molar-refractivity contribution is 6.01. The van der Waals surface area contributed by atoms with Crippen molar-refractivity contribution < 1.29 is 18.7 Å². The number of piperidine rings is 1. The van der Waals surface area contributed by atoms with E-state index < -0.39 is 12.2 Å². The number of benzene rings is 1. The highest BCUT2D eigenvalue weighted by Gasteiger charge is 2.38. The van der Waals surface area contributed by atoms with Gasteiger partial charge in [-0.2, -0.15) is 20.3 Å². The van der Waals surface area contributed by atoms with Gasteiger partial charge in [0.2, 0.25) is 17.9 Å². The maximum Gasteiger partial charge on any atom is 0.234 e. The third kappa shape index (κ3) is 7.70. The molecule has 0 spiro atoms. The number of rotatable bonds is 10. The lowest BCUT2D eigenvalue weighted by atomic mass is 9.77. The molecule has 15 nitrogen and oxygen atoms in total. The second-order valence-corrected chi connectivity index (χ2v) is 15.1. The third-order valence-electron chi connectivity index (χ3n) is 11.5. The lowest BCUT2D eigenvalue weighted by molar-refractivity contribution is -0.443. The highest BCUT2D eigenvalue weighted by Crippen LogP contribution is 2.37. The zero-order valence-corrected chi connectivity index (χ0v) is 31.1. The van der Waals surface area contributed by atoms with Crippen LogP contribution in [0.5, 0.6) is 0 Å². The molecule has 3 fully saturated rings. The first-order valence-corrected chi connectivity index (χ1v) is 19.3. The second-order valence-electron chi connectivity index (χ2n) is 15.1. The van der Waals surface area contributed by atoms with Crippen molar-refractivity contribution in [3.63, 3.8) is 0 Å². The molecule has 3 aliphatic heterocycles. The van der Waals surface area contributed by atoms with E-state index in [1.165, 1.54) is 6.20 Å². The Balaban J connectivity index is 0.843. The number of amides is 2. The maximum atomic E-state index is 15.8. The summed E-state index contributed by atoms with van der Waals surface area (Å²) in [4.78, 5) is 37.4. The number of hydrogen-bond acceptors (Lipinski definition) is 12. The number of nitrogens with one attached hydrogen (secondary N) is 2. The summed E-state index contributed by atoms with van der Waals surface area (Å²) < 4.78 is 19.0. The van der Waals surface area contributed by atoms with Crippen molar-refractivity contribution in [2.45, 2.75) is 69.6 Å². The van der Waals surface area contributed by atoms with Crippen LogP contribution in [0.4, 0.5) is 21.5 Å². The van der Waals surface area contributed by atoms with E-state index in [9.17, 15) is 20.1 Å². The van der Waals surface area contributed by atoms with E-state index in [0.29, 0.717) is 53.2 Å². The Labute approximate surface area is 323 Å². The number of hydrogen-bond donors (Lipinski definition) is 2. The van der Waals surface area contributed by atoms with Crippen LogP contribution in [0.1, 0.15) is 62.5 Å². The molecule has 16 heteroatoms. The average molecular weight is 757 g/mol. The molecule has 1 saturated carbocycles. The van der Waals surface area contributed by atoms with E-state index in [-0.39, 0.29) is 35.6 Å². The fourth-order valence-corrected chi connectivity index (χ4v) is 8.29. The summed E-state index contributed by atoms with van der Waals surface area (Å²) in [5, 5.41) is 38.7. The van der Waals surface area contributed by atoms with Gasteiger partial charge in [-0.25, -0.2) is 14.4 Å². The zero-order valence-electron chi connectivity index (χ0n) is 31.1. The van der Waals surface area contributed by atoms with Gasteiger partial charge in [0.15, 0.2) is 17.2 Å². The average Bonchev–Trinajstić information content (AvgIpc) is 3.89. The Morgan fingerprint density at radius 3 is 2.52 bits per heavy atom. The van der Waals surface area contributed by atoms with Gasteiger partial charge in [0.1, 0.15) is 29.7 Å². The minimum absolute atomic E-state index is 0.0120. The number of aromatic nitrogens is 4. The quantitative estimate of drug-likeness (QED) is 0.166. The Bertz CT molecular complexity index is 2260. The van der Waals surface area contributed by atoms with Crippen molar-refractivity contribution in [3.05, 3.63) is 66.1 Å². The molecule has 2 saturated heterocycles. The number of fused-ring (bicyclic) bond motifs is 1. The molecular weight excluding hydrogens is 714 g/mol. The number of carbonyl (C=O) groups is 2. The summed E-state index contributed by atoms with van der Waals surface area (Å²) in [5.74, 6) is 0.0174. The smallest absolute Gasteiger partial charge is 0.234 e. The normalized spacial score (nSPS) is 23.9. The first kappa shape index (κ1) is 36.8. The largest absolute Gasteiger partial charge is 0.369 e. The Hall–Kier alpha value is -6.13. The van der Waals surface area contributed by atoms with Crippen molar-refractivity contribution in [1.29, 1.82) is 10.5 Å². The van der Waals surface area contributed by atoms with Gasteiger partial charge in [0.25, 0.3) is 0 Å². The van der Waals surface area contributed by atoms with E-state index >= 15 is 4.39 Å². The summed E-state index contributed by atoms with van der Waals surface area (Å²) in [6.45, 7) is 5.39. The first-order valence-electron chi connectivity index (χ1n) is 19.3. The van der Waals surface area contributed by atoms with Crippen molar-refractivity contribution in [3.8, 4) is 18.0 Å². The molecule has 2 N–H and O–H groups in total. The summed E-state index contributed by atoms with van der Waals surface area (Å²) in [7, 11) is 0. The topological polar surface area (TPSA) is 184 Å². The molecular formula is C40H43FN13O2+. The van der Waals surface area contributed by atoms with Crippen LogP contribution in [-0.4, -0.2) is 98.3 Å². The molecule has 56 heavy (non-hydrogen) atoms. The van der Waals surface area contributed by atoms with Crippen molar-refractivity contribution in [1.82, 2.24) is 30.0 Å². The predicted molar refractivity (Wildman–Crippen MR) is 205 cm³/mol. The molecule has 8 rings (SSSR count). The molecule has 3 aromatic heterocycles. The van der Waals surface area contributed by atoms with Crippen LogP contribution >= 0.6 is 0 Å². The number of alkyl halides is 1. The summed E-state index contributed by atoms with van der Waals surface area (Å²) in [6, 6.07) is 15.2. The molecule has 0 bridgehead atoms. The van der Waals surface area contributed by atoms with Gasteiger partial charge in [-0.1, -0.05) is 16.8 Å². The van der Waals surface area contributed by atoms with Gasteiger partial charge in [-0.3, -0.25) is 19.8 Å². The molecule has 4 aromatic rings. The minimum Gasteiger partial charge on any atom is -0.369 e. The molecule has 1 aromatic carbocycles. The molecule has 4 aliphatic rings. The number of nitrogens with zero attached hydrogens (tertiary/aromatic N) is 11. The molecule has 286 valence electrons. The lowest BCUT2D eigenvalue weighted by Crippen LogP contribution is -2.49. The summed E-state index contributed by atoms with van der Waals surface area (Å²) in [6.07, 6.45) is 10.1. The van der Waals surface area contributed by atoms with E-state index in [0.717, 1.165) is 63.1 Å². The summed E-state index contributed by atoms with van der Waals surface area (Å²) >= 11 is 0. The Morgan fingerprint density at radius 2 is 1.79 bits per heavy atom. The number of nitriles is 2. The molecule has 0 radical (unpaired) electrons. The van der Waals surface area contributed by atoms with Crippen molar-refractivity contribution in [2.24, 2.45) is 22.2 Å². The van der Waals surface area contributed by atoms with E-state index in [1.807, 2.05) is 30.5 Å². The molecule has 1 aliphatic carbocycles. The zero-order chi connectivity index (χ0) is 38.8. The first-order chi connectivity index (χ1) is 27.3. The standard InChI is InChI=1S/C40H42FN13O2/c1-25(18-42)47-34-17-37(54-39-30(21-46-54)16-26(19-43)20-45-39)44-22-36(34)53-24-35(49-50-53)29-4-2-28(3-5-29)33(41)23-51-12-14-52(15-13-51)31-8-6-27(7-9-31)32-10-11-38(55)48-40(32)56/h6-9,16-17,20-22,24-25,28-29,32-33,35H,2-5,10-15,23H2,1H3,(H-,44,47,48,55,56)/p+1/t25-,28?,29?,32?,33?,35+/m1/s1. The van der Waals surface area contributed by atoms with Crippen molar-refractivity contribution >= 4 is 46.1 Å². The monoisotopic (exact) mass is 756 g/mol. The SMILES string of the molecule is C[C@H](C#N)Nc1cc(-n2ncc3cc(C#N)cnc32)ncc1[N+]1=C[C@@H](C2CCC(C(F)CN3CCN(c4ccc(C5CCC(=O)NC5=O)cc4)CC3)CC2)N=N1. The number of imide groups is 1. The van der Waals surface area contributed by atoms with Gasteiger partial charge in [0, 0.05) is 73.5 Å². The third-order valence-corrected chi connectivity index (χ3v) is 11.5. The van der Waals surface area contributed by atoms with Gasteiger partial charge in [-0.05, 0) is 68.7 Å². The van der Waals surface area contributed by atoms with E-state index in [4.69, 9.17) is 0 Å². The van der Waals surface area contributed by atoms with Gasteiger partial charge in [-0.15, -0.1) is 0 Å². The predicted octanol–water partition coefficient (Wildman–Crippen LogP) is 4.96. The molecule has 4 atom stereocenters. The Kier molecular flexibility index (Phi) is 10.5. The molecule has 2 unspecified atom stereocenters. The van der Waals surface area contributed by atoms with E-state index in [1.54, 1.807) is 40.8 Å². The van der Waals surface area contributed by atoms with Crippen LogP contribution in [0, 0.1) is 34.5 Å². The fourth-order valence-electron chi connectivity index (χ4n) is 8.29. The maximum absolute atomic E-state index is 15.8. The van der Waals surface area contributed by atoms with Gasteiger partial charge < -0.3 is 10.2 Å². The number of carbonyl (C=O) groups excluding carboxylic acids is 2. The van der Waals surface area contributed by atoms with Gasteiger partial charge >= 0.3 is 0 Å². The number of piperazine rings is 1. The number of pyridine rings is 2.